The van der Waals surface area contributed by atoms with Gasteiger partial charge in [-0.2, -0.15) is 0 Å². The Balaban J connectivity index is 1.26. The maximum atomic E-state index is 13.5. The fourth-order valence-electron chi connectivity index (χ4n) is 7.84. The van der Waals surface area contributed by atoms with Gasteiger partial charge >= 0.3 is 17.8 Å². The Morgan fingerprint density at radius 2 is 1.73 bits per heavy atom. The summed E-state index contributed by atoms with van der Waals surface area (Å²) in [6, 6.07) is 2.13. The van der Waals surface area contributed by atoms with E-state index in [1.54, 1.807) is 11.3 Å². The van der Waals surface area contributed by atoms with Gasteiger partial charge in [-0.15, -0.1) is 11.3 Å². The molecule has 1 aromatic rings. The van der Waals surface area contributed by atoms with Crippen LogP contribution in [0.2, 0.25) is 0 Å². The highest BCUT2D eigenvalue weighted by molar-refractivity contribution is 7.10. The lowest BCUT2D eigenvalue weighted by Crippen LogP contribution is -3.14. The molecule has 30 heavy (non-hydrogen) atoms. The Kier molecular flexibility index (Phi) is 4.20. The van der Waals surface area contributed by atoms with Gasteiger partial charge in [-0.3, -0.25) is 9.59 Å². The van der Waals surface area contributed by atoms with Crippen LogP contribution in [0.5, 0.6) is 0 Å². The van der Waals surface area contributed by atoms with Crippen molar-refractivity contribution in [3.05, 3.63) is 21.9 Å². The number of hydrogen-bond acceptors (Lipinski definition) is 4. The minimum absolute atomic E-state index is 0.282. The van der Waals surface area contributed by atoms with Gasteiger partial charge in [0, 0.05) is 23.3 Å². The molecule has 5 fully saturated rings. The molecule has 160 valence electrons. The molecule has 4 aliphatic carbocycles. The summed E-state index contributed by atoms with van der Waals surface area (Å²) in [5, 5.41) is 2.14. The average Bonchev–Trinajstić information content (AvgIpc) is 3.26. The smallest absolute Gasteiger partial charge is 0.311 e. The Hall–Kier alpha value is -1.73. The zero-order valence-corrected chi connectivity index (χ0v) is 18.4. The van der Waals surface area contributed by atoms with E-state index in [1.807, 2.05) is 0 Å². The number of imide groups is 2. The molecular weight excluding hydrogens is 398 g/mol. The normalized spacial score (nSPS) is 39.9. The van der Waals surface area contributed by atoms with Gasteiger partial charge in [0.05, 0.1) is 12.1 Å². The molecule has 6 nitrogen and oxygen atoms in total. The lowest BCUT2D eigenvalue weighted by atomic mass is 9.52. The number of rotatable bonds is 4. The summed E-state index contributed by atoms with van der Waals surface area (Å²) in [5.74, 6) is 0.692. The maximum Gasteiger partial charge on any atom is 0.339 e. The topological polar surface area (TPSA) is 62.1 Å². The van der Waals surface area contributed by atoms with E-state index in [9.17, 15) is 14.4 Å². The second-order valence-corrected chi connectivity index (χ2v) is 11.4. The van der Waals surface area contributed by atoms with E-state index in [1.165, 1.54) is 44.4 Å². The van der Waals surface area contributed by atoms with Crippen molar-refractivity contribution in [3.63, 3.8) is 0 Å². The lowest BCUT2D eigenvalue weighted by molar-refractivity contribution is -0.940. The monoisotopic (exact) mass is 428 g/mol. The fourth-order valence-corrected chi connectivity index (χ4v) is 8.78. The van der Waals surface area contributed by atoms with Crippen LogP contribution < -0.4 is 4.90 Å². The Morgan fingerprint density at radius 3 is 2.37 bits per heavy atom. The van der Waals surface area contributed by atoms with Gasteiger partial charge < -0.3 is 4.90 Å². The van der Waals surface area contributed by atoms with E-state index in [0.29, 0.717) is 24.4 Å². The summed E-state index contributed by atoms with van der Waals surface area (Å²) >= 11 is 1.80. The van der Waals surface area contributed by atoms with Crippen LogP contribution in [0.1, 0.15) is 68.4 Å². The van der Waals surface area contributed by atoms with Crippen molar-refractivity contribution in [2.75, 3.05) is 13.2 Å². The number of carbonyl (C=O) groups excluding carboxylic acids is 3. The molecule has 7 heteroatoms. The highest BCUT2D eigenvalue weighted by atomic mass is 32.1. The van der Waals surface area contributed by atoms with Crippen molar-refractivity contribution >= 4 is 29.2 Å². The van der Waals surface area contributed by atoms with Crippen molar-refractivity contribution < 1.29 is 19.3 Å². The third kappa shape index (κ3) is 2.60. The van der Waals surface area contributed by atoms with Crippen molar-refractivity contribution in [2.24, 2.45) is 17.8 Å². The molecule has 4 saturated carbocycles. The molecule has 4 amide bonds. The third-order valence-corrected chi connectivity index (χ3v) is 9.62. The highest BCUT2D eigenvalue weighted by Crippen LogP contribution is 2.58. The number of thiophene rings is 1. The molecule has 1 aromatic heterocycles. The van der Waals surface area contributed by atoms with Gasteiger partial charge in [0.15, 0.2) is 6.67 Å². The zero-order chi connectivity index (χ0) is 20.6. The summed E-state index contributed by atoms with van der Waals surface area (Å²) < 4.78 is 0. The molecule has 1 unspecified atom stereocenters. The molecule has 0 spiro atoms. The van der Waals surface area contributed by atoms with Crippen LogP contribution in [0.15, 0.2) is 11.4 Å². The minimum Gasteiger partial charge on any atom is -0.311 e. The molecule has 3 heterocycles. The van der Waals surface area contributed by atoms with Gasteiger partial charge in [0.1, 0.15) is 6.04 Å². The van der Waals surface area contributed by atoms with Gasteiger partial charge in [-0.1, -0.05) is 6.92 Å². The summed E-state index contributed by atoms with van der Waals surface area (Å²) in [6.07, 6.45) is 8.38. The molecule has 1 N–H and O–H groups in total. The molecule has 7 rings (SSSR count). The Morgan fingerprint density at radius 1 is 1.07 bits per heavy atom. The first-order valence-corrected chi connectivity index (χ1v) is 12.5. The van der Waals surface area contributed by atoms with E-state index in [4.69, 9.17) is 0 Å². The van der Waals surface area contributed by atoms with Crippen molar-refractivity contribution in [1.82, 2.24) is 9.80 Å². The van der Waals surface area contributed by atoms with Crippen molar-refractivity contribution in [3.8, 4) is 0 Å². The molecule has 0 radical (unpaired) electrons. The predicted molar refractivity (Wildman–Crippen MR) is 112 cm³/mol. The first-order chi connectivity index (χ1) is 14.5. The Bertz CT molecular complexity index is 889. The standard InChI is InChI=1S/C23H29N3O3S/c1-2-18-17-4-6-30-19(17)3-5-24(18)13-25-20(27)21(28)26(22(25)29)23-10-14-7-15(11-23)9-16(8-14)12-23/h4,6,14-16,18H,2-3,5,7-13H2,1H3/p+1/t14?,15?,16?,18-,23?/m0/s1. The second-order valence-electron chi connectivity index (χ2n) is 10.4. The van der Waals surface area contributed by atoms with Gasteiger partial charge in [0.2, 0.25) is 0 Å². The van der Waals surface area contributed by atoms with Crippen LogP contribution in [0.3, 0.4) is 0 Å². The SMILES string of the molecule is CC[C@H]1c2ccsc2CC[NH+]1CN1C(=O)C(=O)N(C23CC4CC(CC(C4)C2)C3)C1=O. The zero-order valence-electron chi connectivity index (χ0n) is 17.6. The summed E-state index contributed by atoms with van der Waals surface area (Å²) in [5.41, 5.74) is 0.960. The van der Waals surface area contributed by atoms with E-state index < -0.39 is 17.4 Å². The third-order valence-electron chi connectivity index (χ3n) is 8.62. The first-order valence-electron chi connectivity index (χ1n) is 11.6. The van der Waals surface area contributed by atoms with Crippen LogP contribution >= 0.6 is 11.3 Å². The molecule has 6 aliphatic rings. The molecule has 1 saturated heterocycles. The molecule has 2 atom stereocenters. The number of quaternary nitrogens is 1. The van der Waals surface area contributed by atoms with E-state index in [2.05, 4.69) is 18.4 Å². The van der Waals surface area contributed by atoms with Gasteiger partial charge in [-0.25, -0.2) is 14.6 Å². The first kappa shape index (κ1) is 19.0. The van der Waals surface area contributed by atoms with Crippen molar-refractivity contribution in [2.45, 2.75) is 69.9 Å². The average molecular weight is 429 g/mol. The lowest BCUT2D eigenvalue weighted by Gasteiger charge is -2.58. The number of carbonyl (C=O) groups is 3. The number of fused-ring (bicyclic) bond motifs is 1. The fraction of sp³-hybridized carbons (Fsp3) is 0.696. The minimum atomic E-state index is -0.603. The number of nitrogens with one attached hydrogen (secondary N) is 1. The van der Waals surface area contributed by atoms with Crippen LogP contribution in [0.25, 0.3) is 0 Å². The molecule has 2 aliphatic heterocycles. The Labute approximate surface area is 181 Å². The van der Waals surface area contributed by atoms with Gasteiger partial charge in [-0.05, 0) is 67.7 Å². The molecule has 4 bridgehead atoms. The van der Waals surface area contributed by atoms with Crippen LogP contribution in [-0.4, -0.2) is 46.4 Å². The summed E-state index contributed by atoms with van der Waals surface area (Å²) in [7, 11) is 0. The van der Waals surface area contributed by atoms with Crippen LogP contribution in [-0.2, 0) is 16.0 Å². The predicted octanol–water partition coefficient (Wildman–Crippen LogP) is 2.36. The number of nitrogens with zero attached hydrogens (tertiary/aromatic N) is 2. The maximum absolute atomic E-state index is 13.5. The van der Waals surface area contributed by atoms with E-state index in [-0.39, 0.29) is 12.1 Å². The van der Waals surface area contributed by atoms with Crippen LogP contribution in [0, 0.1) is 17.8 Å². The number of urea groups is 1. The highest BCUT2D eigenvalue weighted by Gasteiger charge is 2.61. The summed E-state index contributed by atoms with van der Waals surface area (Å²) in [6.45, 7) is 3.37. The number of hydrogen-bond donors (Lipinski definition) is 1. The van der Waals surface area contributed by atoms with Crippen molar-refractivity contribution in [1.29, 1.82) is 0 Å². The number of amides is 4. The second kappa shape index (κ2) is 6.63. The van der Waals surface area contributed by atoms with E-state index in [0.717, 1.165) is 38.6 Å². The van der Waals surface area contributed by atoms with E-state index >= 15 is 0 Å². The molecule has 0 aromatic carbocycles. The molecular formula is C23H30N3O3S+. The quantitative estimate of drug-likeness (QED) is 0.592. The van der Waals surface area contributed by atoms with Gasteiger partial charge in [0.25, 0.3) is 0 Å². The summed E-state index contributed by atoms with van der Waals surface area (Å²) in [4.78, 5) is 44.9. The van der Waals surface area contributed by atoms with Crippen LogP contribution in [0.4, 0.5) is 4.79 Å². The largest absolute Gasteiger partial charge is 0.339 e.